The highest BCUT2D eigenvalue weighted by molar-refractivity contribution is 5.89. The van der Waals surface area contributed by atoms with Gasteiger partial charge in [0.05, 0.1) is 6.42 Å². The van der Waals surface area contributed by atoms with Crippen molar-refractivity contribution < 1.29 is 13.6 Å². The standard InChI is InChI=1S/C13H14FN3O2/c1-8(2)15-12(18)13-17-16-11(19-13)7-9-3-5-10(14)6-4-9/h3-6,8H,7H2,1-2H3,(H,15,18). The van der Waals surface area contributed by atoms with E-state index < -0.39 is 5.91 Å². The molecule has 1 N–H and O–H groups in total. The first-order chi connectivity index (χ1) is 9.04. The van der Waals surface area contributed by atoms with Crippen LogP contribution in [0.25, 0.3) is 0 Å². The molecule has 0 aliphatic rings. The molecule has 0 bridgehead atoms. The minimum Gasteiger partial charge on any atom is -0.417 e. The molecule has 0 radical (unpaired) electrons. The first kappa shape index (κ1) is 13.2. The number of hydrogen-bond acceptors (Lipinski definition) is 4. The molecule has 0 atom stereocenters. The number of amides is 1. The third-order valence-electron chi connectivity index (χ3n) is 2.35. The smallest absolute Gasteiger partial charge is 0.309 e. The van der Waals surface area contributed by atoms with E-state index in [1.54, 1.807) is 12.1 Å². The SMILES string of the molecule is CC(C)NC(=O)c1nnc(Cc2ccc(F)cc2)o1. The van der Waals surface area contributed by atoms with Gasteiger partial charge < -0.3 is 9.73 Å². The van der Waals surface area contributed by atoms with Crippen molar-refractivity contribution in [2.24, 2.45) is 0 Å². The zero-order chi connectivity index (χ0) is 13.8. The molecule has 0 spiro atoms. The van der Waals surface area contributed by atoms with Gasteiger partial charge in [0.15, 0.2) is 0 Å². The van der Waals surface area contributed by atoms with Gasteiger partial charge in [-0.25, -0.2) is 4.39 Å². The molecule has 0 saturated carbocycles. The number of carbonyl (C=O) groups excluding carboxylic acids is 1. The summed E-state index contributed by atoms with van der Waals surface area (Å²) in [4.78, 5) is 11.6. The van der Waals surface area contributed by atoms with Crippen molar-refractivity contribution in [3.05, 3.63) is 47.4 Å². The van der Waals surface area contributed by atoms with E-state index in [1.165, 1.54) is 12.1 Å². The summed E-state index contributed by atoms with van der Waals surface area (Å²) in [6.07, 6.45) is 0.363. The third kappa shape index (κ3) is 3.61. The van der Waals surface area contributed by atoms with E-state index in [-0.39, 0.29) is 17.7 Å². The molecule has 19 heavy (non-hydrogen) atoms. The molecule has 0 saturated heterocycles. The maximum Gasteiger partial charge on any atom is 0.309 e. The van der Waals surface area contributed by atoms with Gasteiger partial charge in [0.1, 0.15) is 5.82 Å². The average molecular weight is 263 g/mol. The van der Waals surface area contributed by atoms with Gasteiger partial charge in [-0.3, -0.25) is 4.79 Å². The van der Waals surface area contributed by atoms with Crippen LogP contribution in [0, 0.1) is 5.82 Å². The Morgan fingerprint density at radius 1 is 1.32 bits per heavy atom. The lowest BCUT2D eigenvalue weighted by Gasteiger charge is -2.03. The Bertz CT molecular complexity index is 564. The van der Waals surface area contributed by atoms with Gasteiger partial charge in [0.2, 0.25) is 5.89 Å². The van der Waals surface area contributed by atoms with Crippen LogP contribution in [-0.2, 0) is 6.42 Å². The number of benzene rings is 1. The molecule has 2 rings (SSSR count). The van der Waals surface area contributed by atoms with Crippen molar-refractivity contribution in [2.45, 2.75) is 26.3 Å². The molecule has 0 fully saturated rings. The van der Waals surface area contributed by atoms with Crippen LogP contribution in [0.15, 0.2) is 28.7 Å². The number of carbonyl (C=O) groups is 1. The number of nitrogens with one attached hydrogen (secondary N) is 1. The van der Waals surface area contributed by atoms with Crippen LogP contribution in [0.2, 0.25) is 0 Å². The highest BCUT2D eigenvalue weighted by atomic mass is 19.1. The molecule has 2 aromatic rings. The van der Waals surface area contributed by atoms with Crippen LogP contribution in [0.3, 0.4) is 0 Å². The molecule has 1 amide bonds. The second-order valence-electron chi connectivity index (χ2n) is 4.43. The van der Waals surface area contributed by atoms with Crippen molar-refractivity contribution in [1.82, 2.24) is 15.5 Å². The summed E-state index contributed by atoms with van der Waals surface area (Å²) in [5.41, 5.74) is 0.834. The lowest BCUT2D eigenvalue weighted by molar-refractivity contribution is 0.0906. The van der Waals surface area contributed by atoms with E-state index in [1.807, 2.05) is 13.8 Å². The van der Waals surface area contributed by atoms with Gasteiger partial charge in [0, 0.05) is 6.04 Å². The molecule has 5 nitrogen and oxygen atoms in total. The Morgan fingerprint density at radius 3 is 2.63 bits per heavy atom. The normalized spacial score (nSPS) is 10.7. The Morgan fingerprint density at radius 2 is 2.00 bits per heavy atom. The summed E-state index contributed by atoms with van der Waals surface area (Å²) in [7, 11) is 0. The molecule has 0 aliphatic carbocycles. The van der Waals surface area contributed by atoms with Crippen molar-refractivity contribution in [3.8, 4) is 0 Å². The second kappa shape index (κ2) is 5.60. The lowest BCUT2D eigenvalue weighted by atomic mass is 10.1. The third-order valence-corrected chi connectivity index (χ3v) is 2.35. The van der Waals surface area contributed by atoms with Gasteiger partial charge in [-0.1, -0.05) is 12.1 Å². The van der Waals surface area contributed by atoms with Crippen LogP contribution in [0.5, 0.6) is 0 Å². The van der Waals surface area contributed by atoms with Gasteiger partial charge in [-0.05, 0) is 31.5 Å². The zero-order valence-electron chi connectivity index (χ0n) is 10.7. The van der Waals surface area contributed by atoms with Crippen LogP contribution in [-0.4, -0.2) is 22.1 Å². The highest BCUT2D eigenvalue weighted by Crippen LogP contribution is 2.09. The van der Waals surface area contributed by atoms with Gasteiger partial charge >= 0.3 is 11.8 Å². The van der Waals surface area contributed by atoms with E-state index in [2.05, 4.69) is 15.5 Å². The largest absolute Gasteiger partial charge is 0.417 e. The summed E-state index contributed by atoms with van der Waals surface area (Å²) < 4.78 is 18.0. The first-order valence-electron chi connectivity index (χ1n) is 5.92. The highest BCUT2D eigenvalue weighted by Gasteiger charge is 2.15. The van der Waals surface area contributed by atoms with Crippen LogP contribution < -0.4 is 5.32 Å². The van der Waals surface area contributed by atoms with Crippen LogP contribution in [0.1, 0.15) is 36.0 Å². The summed E-state index contributed by atoms with van der Waals surface area (Å²) in [5.74, 6) is -0.439. The first-order valence-corrected chi connectivity index (χ1v) is 5.92. The molecular weight excluding hydrogens is 249 g/mol. The number of rotatable bonds is 4. The fraction of sp³-hybridized carbons (Fsp3) is 0.308. The summed E-state index contributed by atoms with van der Waals surface area (Å²) in [6, 6.07) is 5.98. The molecule has 6 heteroatoms. The molecule has 1 aromatic carbocycles. The van der Waals surface area contributed by atoms with Crippen molar-refractivity contribution >= 4 is 5.91 Å². The molecule has 0 unspecified atom stereocenters. The van der Waals surface area contributed by atoms with E-state index >= 15 is 0 Å². The number of halogens is 1. The van der Waals surface area contributed by atoms with Crippen molar-refractivity contribution in [1.29, 1.82) is 0 Å². The van der Waals surface area contributed by atoms with E-state index in [0.717, 1.165) is 5.56 Å². The fourth-order valence-electron chi connectivity index (χ4n) is 1.52. The van der Waals surface area contributed by atoms with E-state index in [0.29, 0.717) is 12.3 Å². The zero-order valence-corrected chi connectivity index (χ0v) is 10.7. The Hall–Kier alpha value is -2.24. The minimum atomic E-state index is -0.396. The van der Waals surface area contributed by atoms with Crippen molar-refractivity contribution in [3.63, 3.8) is 0 Å². The summed E-state index contributed by atoms with van der Waals surface area (Å²) in [6.45, 7) is 3.68. The Kier molecular flexibility index (Phi) is 3.89. The molecular formula is C13H14FN3O2. The van der Waals surface area contributed by atoms with Crippen LogP contribution >= 0.6 is 0 Å². The van der Waals surface area contributed by atoms with Gasteiger partial charge in [0.25, 0.3) is 0 Å². The number of nitrogens with zero attached hydrogens (tertiary/aromatic N) is 2. The maximum atomic E-state index is 12.8. The van der Waals surface area contributed by atoms with E-state index in [4.69, 9.17) is 4.42 Å². The van der Waals surface area contributed by atoms with Crippen molar-refractivity contribution in [2.75, 3.05) is 0 Å². The molecule has 1 heterocycles. The fourth-order valence-corrected chi connectivity index (χ4v) is 1.52. The predicted octanol–water partition coefficient (Wildman–Crippen LogP) is 1.94. The quantitative estimate of drug-likeness (QED) is 0.915. The molecule has 1 aromatic heterocycles. The van der Waals surface area contributed by atoms with Gasteiger partial charge in [-0.2, -0.15) is 0 Å². The summed E-state index contributed by atoms with van der Waals surface area (Å²) in [5, 5.41) is 10.1. The average Bonchev–Trinajstić information content (AvgIpc) is 2.80. The topological polar surface area (TPSA) is 68.0 Å². The molecule has 0 aliphatic heterocycles. The lowest BCUT2D eigenvalue weighted by Crippen LogP contribution is -2.30. The van der Waals surface area contributed by atoms with E-state index in [9.17, 15) is 9.18 Å². The number of hydrogen-bond donors (Lipinski definition) is 1. The Labute approximate surface area is 109 Å². The van der Waals surface area contributed by atoms with Crippen LogP contribution in [0.4, 0.5) is 4.39 Å². The predicted molar refractivity (Wildman–Crippen MR) is 66.1 cm³/mol. The monoisotopic (exact) mass is 263 g/mol. The number of aromatic nitrogens is 2. The summed E-state index contributed by atoms with van der Waals surface area (Å²) >= 11 is 0. The molecule has 100 valence electrons. The minimum absolute atomic E-state index is 0.0000476. The Balaban J connectivity index is 2.05. The second-order valence-corrected chi connectivity index (χ2v) is 4.43. The maximum absolute atomic E-state index is 12.8. The van der Waals surface area contributed by atoms with Gasteiger partial charge in [-0.15, -0.1) is 10.2 Å².